The SMILES string of the molecule is CC(C)CC(C)Nc1ncc([N+](=O)[O-])cc1Br. The third-order valence-electron chi connectivity index (χ3n) is 2.25. The lowest BCUT2D eigenvalue weighted by Gasteiger charge is -2.17. The number of anilines is 1. The Hall–Kier alpha value is -1.17. The average Bonchev–Trinajstić information content (AvgIpc) is 2.19. The molecule has 0 aliphatic heterocycles. The zero-order chi connectivity index (χ0) is 13.0. The van der Waals surface area contributed by atoms with Gasteiger partial charge in [-0.3, -0.25) is 10.1 Å². The second-order valence-corrected chi connectivity index (χ2v) is 5.31. The molecule has 1 rings (SSSR count). The highest BCUT2D eigenvalue weighted by molar-refractivity contribution is 9.10. The lowest BCUT2D eigenvalue weighted by molar-refractivity contribution is -0.385. The maximum absolute atomic E-state index is 10.6. The summed E-state index contributed by atoms with van der Waals surface area (Å²) in [4.78, 5) is 14.1. The van der Waals surface area contributed by atoms with Crippen LogP contribution in [0.1, 0.15) is 27.2 Å². The molecule has 0 saturated heterocycles. The van der Waals surface area contributed by atoms with Crippen LogP contribution in [0.15, 0.2) is 16.7 Å². The van der Waals surface area contributed by atoms with Crippen LogP contribution in [0, 0.1) is 16.0 Å². The van der Waals surface area contributed by atoms with Crippen molar-refractivity contribution in [1.29, 1.82) is 0 Å². The van der Waals surface area contributed by atoms with E-state index in [1.807, 2.05) is 0 Å². The molecule has 1 unspecified atom stereocenters. The normalized spacial score (nSPS) is 12.5. The Bertz CT molecular complexity index is 410. The number of pyridine rings is 1. The highest BCUT2D eigenvalue weighted by Gasteiger charge is 2.12. The molecular formula is C11H16BrN3O2. The maximum atomic E-state index is 10.6. The van der Waals surface area contributed by atoms with E-state index in [1.54, 1.807) is 0 Å². The Kier molecular flexibility index (Phi) is 4.86. The summed E-state index contributed by atoms with van der Waals surface area (Å²) in [5, 5.41) is 13.8. The van der Waals surface area contributed by atoms with Gasteiger partial charge in [0, 0.05) is 12.1 Å². The molecule has 0 aliphatic rings. The van der Waals surface area contributed by atoms with Gasteiger partial charge in [-0.15, -0.1) is 0 Å². The minimum Gasteiger partial charge on any atom is -0.367 e. The fourth-order valence-electron chi connectivity index (χ4n) is 1.63. The molecule has 0 amide bonds. The Morgan fingerprint density at radius 1 is 1.53 bits per heavy atom. The molecule has 1 atom stereocenters. The molecule has 6 heteroatoms. The van der Waals surface area contributed by atoms with Gasteiger partial charge < -0.3 is 5.32 Å². The average molecular weight is 302 g/mol. The van der Waals surface area contributed by atoms with E-state index in [9.17, 15) is 10.1 Å². The van der Waals surface area contributed by atoms with Crippen LogP contribution in [0.2, 0.25) is 0 Å². The number of halogens is 1. The van der Waals surface area contributed by atoms with Crippen molar-refractivity contribution < 1.29 is 4.92 Å². The van der Waals surface area contributed by atoms with Crippen LogP contribution in [0.3, 0.4) is 0 Å². The van der Waals surface area contributed by atoms with Gasteiger partial charge in [0.2, 0.25) is 0 Å². The Labute approximate surface area is 109 Å². The molecule has 17 heavy (non-hydrogen) atoms. The van der Waals surface area contributed by atoms with E-state index in [0.717, 1.165) is 6.42 Å². The van der Waals surface area contributed by atoms with Crippen molar-refractivity contribution in [1.82, 2.24) is 4.98 Å². The summed E-state index contributed by atoms with van der Waals surface area (Å²) in [7, 11) is 0. The molecule has 0 radical (unpaired) electrons. The molecule has 94 valence electrons. The number of nitrogens with one attached hydrogen (secondary N) is 1. The zero-order valence-electron chi connectivity index (χ0n) is 10.1. The highest BCUT2D eigenvalue weighted by atomic mass is 79.9. The van der Waals surface area contributed by atoms with E-state index in [1.165, 1.54) is 12.3 Å². The second-order valence-electron chi connectivity index (χ2n) is 4.46. The van der Waals surface area contributed by atoms with Crippen LogP contribution in [-0.2, 0) is 0 Å². The number of hydrogen-bond acceptors (Lipinski definition) is 4. The van der Waals surface area contributed by atoms with Gasteiger partial charge in [0.25, 0.3) is 5.69 Å². The van der Waals surface area contributed by atoms with Crippen molar-refractivity contribution in [3.05, 3.63) is 26.9 Å². The van der Waals surface area contributed by atoms with Crippen LogP contribution >= 0.6 is 15.9 Å². The summed E-state index contributed by atoms with van der Waals surface area (Å²) in [5.74, 6) is 1.23. The summed E-state index contributed by atoms with van der Waals surface area (Å²) in [6.45, 7) is 6.36. The van der Waals surface area contributed by atoms with E-state index >= 15 is 0 Å². The molecule has 5 nitrogen and oxygen atoms in total. The van der Waals surface area contributed by atoms with Gasteiger partial charge in [-0.1, -0.05) is 13.8 Å². The molecule has 0 bridgehead atoms. The first kappa shape index (κ1) is 13.9. The van der Waals surface area contributed by atoms with Crippen molar-refractivity contribution in [2.75, 3.05) is 5.32 Å². The highest BCUT2D eigenvalue weighted by Crippen LogP contribution is 2.25. The molecule has 0 aliphatic carbocycles. The molecule has 0 aromatic carbocycles. The summed E-state index contributed by atoms with van der Waals surface area (Å²) in [5.41, 5.74) is -0.0149. The van der Waals surface area contributed by atoms with Gasteiger partial charge in [0.1, 0.15) is 12.0 Å². The van der Waals surface area contributed by atoms with E-state index in [0.29, 0.717) is 16.2 Å². The lowest BCUT2D eigenvalue weighted by Crippen LogP contribution is -2.18. The third kappa shape index (κ3) is 4.30. The third-order valence-corrected chi connectivity index (χ3v) is 2.85. The molecule has 0 saturated carbocycles. The van der Waals surface area contributed by atoms with Gasteiger partial charge in [0.15, 0.2) is 0 Å². The first-order valence-electron chi connectivity index (χ1n) is 5.46. The molecule has 1 heterocycles. The minimum absolute atomic E-state index is 0.0149. The van der Waals surface area contributed by atoms with Crippen LogP contribution in [-0.4, -0.2) is 15.9 Å². The lowest BCUT2D eigenvalue weighted by atomic mass is 10.1. The monoisotopic (exact) mass is 301 g/mol. The number of nitrogens with zero attached hydrogens (tertiary/aromatic N) is 2. The van der Waals surface area contributed by atoms with Crippen molar-refractivity contribution in [2.24, 2.45) is 5.92 Å². The summed E-state index contributed by atoms with van der Waals surface area (Å²) in [6, 6.07) is 1.73. The van der Waals surface area contributed by atoms with Gasteiger partial charge >= 0.3 is 0 Å². The van der Waals surface area contributed by atoms with Crippen molar-refractivity contribution in [3.8, 4) is 0 Å². The number of rotatable bonds is 5. The van der Waals surface area contributed by atoms with E-state index < -0.39 is 4.92 Å². The van der Waals surface area contributed by atoms with Crippen molar-refractivity contribution in [3.63, 3.8) is 0 Å². The number of hydrogen-bond donors (Lipinski definition) is 1. The van der Waals surface area contributed by atoms with Gasteiger partial charge in [-0.25, -0.2) is 4.98 Å². The molecule has 0 spiro atoms. The van der Waals surface area contributed by atoms with Crippen molar-refractivity contribution >= 4 is 27.4 Å². The Morgan fingerprint density at radius 2 is 2.18 bits per heavy atom. The summed E-state index contributed by atoms with van der Waals surface area (Å²) >= 11 is 3.28. The zero-order valence-corrected chi connectivity index (χ0v) is 11.7. The second kappa shape index (κ2) is 5.95. The Balaban J connectivity index is 2.75. The van der Waals surface area contributed by atoms with Crippen LogP contribution in [0.4, 0.5) is 11.5 Å². The number of aromatic nitrogens is 1. The topological polar surface area (TPSA) is 68.1 Å². The fourth-order valence-corrected chi connectivity index (χ4v) is 2.08. The van der Waals surface area contributed by atoms with Crippen molar-refractivity contribution in [2.45, 2.75) is 33.2 Å². The fraction of sp³-hybridized carbons (Fsp3) is 0.545. The smallest absolute Gasteiger partial charge is 0.288 e. The van der Waals surface area contributed by atoms with Gasteiger partial charge in [-0.2, -0.15) is 0 Å². The molecule has 1 aromatic rings. The maximum Gasteiger partial charge on any atom is 0.288 e. The van der Waals surface area contributed by atoms with E-state index in [-0.39, 0.29) is 11.7 Å². The standard InChI is InChI=1S/C11H16BrN3O2/c1-7(2)4-8(3)14-11-10(12)5-9(6-13-11)15(16)17/h5-8H,4H2,1-3H3,(H,13,14). The molecule has 0 fully saturated rings. The predicted octanol–water partition coefficient (Wildman–Crippen LogP) is 3.60. The summed E-state index contributed by atoms with van der Waals surface area (Å²) < 4.78 is 0.613. The van der Waals surface area contributed by atoms with Gasteiger partial charge in [0.05, 0.1) is 9.40 Å². The first-order valence-corrected chi connectivity index (χ1v) is 6.26. The van der Waals surface area contributed by atoms with E-state index in [4.69, 9.17) is 0 Å². The largest absolute Gasteiger partial charge is 0.367 e. The molecule has 1 N–H and O–H groups in total. The van der Waals surface area contributed by atoms with E-state index in [2.05, 4.69) is 47.0 Å². The van der Waals surface area contributed by atoms with Crippen LogP contribution in [0.5, 0.6) is 0 Å². The van der Waals surface area contributed by atoms with Crippen LogP contribution in [0.25, 0.3) is 0 Å². The molecular weight excluding hydrogens is 286 g/mol. The summed E-state index contributed by atoms with van der Waals surface area (Å²) in [6.07, 6.45) is 2.28. The Morgan fingerprint density at radius 3 is 2.65 bits per heavy atom. The molecule has 1 aromatic heterocycles. The quantitative estimate of drug-likeness (QED) is 0.666. The first-order chi connectivity index (χ1) is 7.90. The van der Waals surface area contributed by atoms with Gasteiger partial charge in [-0.05, 0) is 35.2 Å². The minimum atomic E-state index is -0.459. The van der Waals surface area contributed by atoms with Crippen LogP contribution < -0.4 is 5.32 Å². The predicted molar refractivity (Wildman–Crippen MR) is 71.1 cm³/mol. The number of nitro groups is 1.